The SMILES string of the molecule is Cc1cccc2cc(-c3ccc([C@H](O)C(=O)O)cc3)cnc12. The summed E-state index contributed by atoms with van der Waals surface area (Å²) in [5, 5.41) is 19.4. The molecule has 0 aliphatic rings. The third-order valence-electron chi connectivity index (χ3n) is 3.71. The molecule has 0 spiro atoms. The number of fused-ring (bicyclic) bond motifs is 1. The van der Waals surface area contributed by atoms with Gasteiger partial charge < -0.3 is 10.2 Å². The van der Waals surface area contributed by atoms with E-state index in [9.17, 15) is 9.90 Å². The number of aryl methyl sites for hydroxylation is 1. The van der Waals surface area contributed by atoms with Crippen LogP contribution in [0, 0.1) is 6.92 Å². The molecule has 3 aromatic rings. The monoisotopic (exact) mass is 293 g/mol. The smallest absolute Gasteiger partial charge is 0.337 e. The number of aliphatic hydroxyl groups excluding tert-OH is 1. The Bertz CT molecular complexity index is 841. The predicted molar refractivity (Wildman–Crippen MR) is 84.5 cm³/mol. The van der Waals surface area contributed by atoms with E-state index in [1.54, 1.807) is 30.5 Å². The van der Waals surface area contributed by atoms with E-state index in [4.69, 9.17) is 5.11 Å². The number of carbonyl (C=O) groups is 1. The Kier molecular flexibility index (Phi) is 3.61. The van der Waals surface area contributed by atoms with E-state index in [0.717, 1.165) is 27.6 Å². The van der Waals surface area contributed by atoms with E-state index in [2.05, 4.69) is 11.1 Å². The predicted octanol–water partition coefficient (Wildman–Crippen LogP) is 3.33. The quantitative estimate of drug-likeness (QED) is 0.777. The summed E-state index contributed by atoms with van der Waals surface area (Å²) in [5.41, 5.74) is 4.35. The summed E-state index contributed by atoms with van der Waals surface area (Å²) in [6.07, 6.45) is 0.309. The highest BCUT2D eigenvalue weighted by molar-refractivity contribution is 5.85. The Morgan fingerprint density at radius 3 is 2.50 bits per heavy atom. The first kappa shape index (κ1) is 14.2. The summed E-state index contributed by atoms with van der Waals surface area (Å²) in [5.74, 6) is -1.25. The molecular formula is C18H15NO3. The van der Waals surface area contributed by atoms with Crippen molar-refractivity contribution in [3.63, 3.8) is 0 Å². The minimum Gasteiger partial charge on any atom is -0.479 e. The minimum absolute atomic E-state index is 0.362. The lowest BCUT2D eigenvalue weighted by atomic mass is 10.0. The molecule has 3 rings (SSSR count). The van der Waals surface area contributed by atoms with Crippen LogP contribution >= 0.6 is 0 Å². The van der Waals surface area contributed by atoms with Gasteiger partial charge in [0.25, 0.3) is 0 Å². The minimum atomic E-state index is -1.49. The molecule has 0 fully saturated rings. The summed E-state index contributed by atoms with van der Waals surface area (Å²) in [6.45, 7) is 2.02. The molecule has 0 radical (unpaired) electrons. The molecule has 4 nitrogen and oxygen atoms in total. The molecule has 0 aliphatic carbocycles. The van der Waals surface area contributed by atoms with E-state index in [1.807, 2.05) is 25.1 Å². The number of carboxylic acid groups (broad SMARTS) is 1. The number of aromatic nitrogens is 1. The maximum Gasteiger partial charge on any atom is 0.337 e. The van der Waals surface area contributed by atoms with E-state index in [0.29, 0.717) is 5.56 Å². The molecular weight excluding hydrogens is 278 g/mol. The van der Waals surface area contributed by atoms with Crippen LogP contribution in [0.15, 0.2) is 54.7 Å². The van der Waals surface area contributed by atoms with E-state index in [1.165, 1.54) is 0 Å². The van der Waals surface area contributed by atoms with Gasteiger partial charge in [0.05, 0.1) is 5.52 Å². The standard InChI is InChI=1S/C18H15NO3/c1-11-3-2-4-14-9-15(10-19-16(11)14)12-5-7-13(8-6-12)17(20)18(21)22/h2-10,17,20H,1H3,(H,21,22)/t17-/m0/s1. The zero-order valence-corrected chi connectivity index (χ0v) is 12.0. The first-order valence-electron chi connectivity index (χ1n) is 6.93. The van der Waals surface area contributed by atoms with E-state index < -0.39 is 12.1 Å². The van der Waals surface area contributed by atoms with Gasteiger partial charge in [-0.2, -0.15) is 0 Å². The van der Waals surface area contributed by atoms with Crippen LogP contribution in [0.25, 0.3) is 22.0 Å². The molecule has 1 atom stereocenters. The maximum atomic E-state index is 10.8. The molecule has 2 aromatic carbocycles. The average Bonchev–Trinajstić information content (AvgIpc) is 2.54. The molecule has 0 bridgehead atoms. The van der Waals surface area contributed by atoms with Crippen molar-refractivity contribution in [1.82, 2.24) is 4.98 Å². The largest absolute Gasteiger partial charge is 0.479 e. The van der Waals surface area contributed by atoms with Crippen molar-refractivity contribution in [2.24, 2.45) is 0 Å². The topological polar surface area (TPSA) is 70.4 Å². The van der Waals surface area contributed by atoms with Crippen molar-refractivity contribution in [3.8, 4) is 11.1 Å². The van der Waals surface area contributed by atoms with Crippen LogP contribution in [-0.2, 0) is 4.79 Å². The van der Waals surface area contributed by atoms with Crippen molar-refractivity contribution < 1.29 is 15.0 Å². The molecule has 22 heavy (non-hydrogen) atoms. The molecule has 4 heteroatoms. The van der Waals surface area contributed by atoms with Crippen molar-refractivity contribution >= 4 is 16.9 Å². The molecule has 2 N–H and O–H groups in total. The number of hydrogen-bond donors (Lipinski definition) is 2. The van der Waals surface area contributed by atoms with E-state index in [-0.39, 0.29) is 0 Å². The van der Waals surface area contributed by atoms with Crippen LogP contribution in [0.1, 0.15) is 17.2 Å². The van der Waals surface area contributed by atoms with Crippen LogP contribution < -0.4 is 0 Å². The van der Waals surface area contributed by atoms with Crippen LogP contribution in [0.4, 0.5) is 0 Å². The summed E-state index contributed by atoms with van der Waals surface area (Å²) >= 11 is 0. The van der Waals surface area contributed by atoms with Gasteiger partial charge in [-0.15, -0.1) is 0 Å². The van der Waals surface area contributed by atoms with Crippen LogP contribution in [0.5, 0.6) is 0 Å². The summed E-state index contributed by atoms with van der Waals surface area (Å²) in [7, 11) is 0. The van der Waals surface area contributed by atoms with Gasteiger partial charge in [-0.3, -0.25) is 4.98 Å². The fourth-order valence-electron chi connectivity index (χ4n) is 2.47. The van der Waals surface area contributed by atoms with Crippen molar-refractivity contribution in [3.05, 3.63) is 65.9 Å². The number of rotatable bonds is 3. The van der Waals surface area contributed by atoms with Crippen LogP contribution in [-0.4, -0.2) is 21.2 Å². The Morgan fingerprint density at radius 1 is 1.09 bits per heavy atom. The Labute approximate surface area is 127 Å². The number of benzene rings is 2. The molecule has 1 heterocycles. The molecule has 0 amide bonds. The summed E-state index contributed by atoms with van der Waals surface area (Å²) < 4.78 is 0. The van der Waals surface area contributed by atoms with Gasteiger partial charge >= 0.3 is 5.97 Å². The Hall–Kier alpha value is -2.72. The Morgan fingerprint density at radius 2 is 1.82 bits per heavy atom. The number of hydrogen-bond acceptors (Lipinski definition) is 3. The van der Waals surface area contributed by atoms with Crippen LogP contribution in [0.3, 0.4) is 0 Å². The number of aliphatic carboxylic acids is 1. The number of para-hydroxylation sites is 1. The second kappa shape index (κ2) is 5.58. The lowest BCUT2D eigenvalue weighted by Crippen LogP contribution is -2.10. The second-order valence-corrected chi connectivity index (χ2v) is 5.23. The molecule has 0 aliphatic heterocycles. The summed E-state index contributed by atoms with van der Waals surface area (Å²) in [4.78, 5) is 15.3. The zero-order chi connectivity index (χ0) is 15.7. The fraction of sp³-hybridized carbons (Fsp3) is 0.111. The first-order valence-corrected chi connectivity index (χ1v) is 6.93. The van der Waals surface area contributed by atoms with Crippen molar-refractivity contribution in [2.45, 2.75) is 13.0 Å². The van der Waals surface area contributed by atoms with Gasteiger partial charge in [0.1, 0.15) is 0 Å². The highest BCUT2D eigenvalue weighted by atomic mass is 16.4. The number of nitrogens with zero attached hydrogens (tertiary/aromatic N) is 1. The fourth-order valence-corrected chi connectivity index (χ4v) is 2.47. The third-order valence-corrected chi connectivity index (χ3v) is 3.71. The normalized spacial score (nSPS) is 12.3. The Balaban J connectivity index is 1.99. The molecule has 1 aromatic heterocycles. The average molecular weight is 293 g/mol. The third kappa shape index (κ3) is 2.56. The molecule has 110 valence electrons. The van der Waals surface area contributed by atoms with Crippen LogP contribution in [0.2, 0.25) is 0 Å². The second-order valence-electron chi connectivity index (χ2n) is 5.23. The zero-order valence-electron chi connectivity index (χ0n) is 12.0. The summed E-state index contributed by atoms with van der Waals surface area (Å²) in [6, 6.07) is 14.9. The van der Waals surface area contributed by atoms with Gasteiger partial charge in [0.2, 0.25) is 0 Å². The number of pyridine rings is 1. The van der Waals surface area contributed by atoms with Gasteiger partial charge in [-0.1, -0.05) is 42.5 Å². The molecule has 0 saturated heterocycles. The first-order chi connectivity index (χ1) is 10.6. The molecule has 0 saturated carbocycles. The van der Waals surface area contributed by atoms with Crippen molar-refractivity contribution in [2.75, 3.05) is 0 Å². The van der Waals surface area contributed by atoms with Crippen molar-refractivity contribution in [1.29, 1.82) is 0 Å². The number of carboxylic acids is 1. The van der Waals surface area contributed by atoms with E-state index >= 15 is 0 Å². The molecule has 0 unspecified atom stereocenters. The lowest BCUT2D eigenvalue weighted by molar-refractivity contribution is -0.146. The highest BCUT2D eigenvalue weighted by Crippen LogP contribution is 2.25. The van der Waals surface area contributed by atoms with Gasteiger partial charge in [-0.05, 0) is 29.7 Å². The van der Waals surface area contributed by atoms with Gasteiger partial charge in [0, 0.05) is 17.1 Å². The van der Waals surface area contributed by atoms with Gasteiger partial charge in [-0.25, -0.2) is 4.79 Å². The van der Waals surface area contributed by atoms with Gasteiger partial charge in [0.15, 0.2) is 6.10 Å². The maximum absolute atomic E-state index is 10.8. The highest BCUT2D eigenvalue weighted by Gasteiger charge is 2.15. The number of aliphatic hydroxyl groups is 1. The lowest BCUT2D eigenvalue weighted by Gasteiger charge is -2.08.